The van der Waals surface area contributed by atoms with Crippen LogP contribution in [0, 0.1) is 0 Å². The molecule has 5 heteroatoms. The maximum absolute atomic E-state index is 5.32. The highest BCUT2D eigenvalue weighted by Crippen LogP contribution is 2.28. The van der Waals surface area contributed by atoms with Crippen LogP contribution in [0.25, 0.3) is 0 Å². The minimum absolute atomic E-state index is 0.109. The first kappa shape index (κ1) is 11.0. The third kappa shape index (κ3) is 2.34. The van der Waals surface area contributed by atoms with Gasteiger partial charge in [-0.05, 0) is 39.0 Å². The Morgan fingerprint density at radius 1 is 1.53 bits per heavy atom. The largest absolute Gasteiger partial charge is 0.337 e. The minimum Gasteiger partial charge on any atom is -0.337 e. The third-order valence-electron chi connectivity index (χ3n) is 2.83. The summed E-state index contributed by atoms with van der Waals surface area (Å²) >= 11 is 1.71. The summed E-state index contributed by atoms with van der Waals surface area (Å²) in [6.45, 7) is 3.18. The average Bonchev–Trinajstić information content (AvgIpc) is 2.69. The SMILES string of the molecule is CSCc1noc(C2(C)CCCCN2)n1. The number of nitrogens with zero attached hydrogens (tertiary/aromatic N) is 2. The molecular weight excluding hydrogens is 210 g/mol. The van der Waals surface area contributed by atoms with Gasteiger partial charge in [0.25, 0.3) is 0 Å². The van der Waals surface area contributed by atoms with Gasteiger partial charge in [0.2, 0.25) is 5.89 Å². The molecule has 84 valence electrons. The molecule has 0 spiro atoms. The van der Waals surface area contributed by atoms with Crippen molar-refractivity contribution in [3.63, 3.8) is 0 Å². The predicted octanol–water partition coefficient (Wildman–Crippen LogP) is 1.92. The Hall–Kier alpha value is -0.550. The minimum atomic E-state index is -0.109. The molecule has 1 aromatic rings. The number of hydrogen-bond donors (Lipinski definition) is 1. The predicted molar refractivity (Wildman–Crippen MR) is 60.7 cm³/mol. The zero-order chi connectivity index (χ0) is 10.7. The van der Waals surface area contributed by atoms with E-state index in [1.165, 1.54) is 12.8 Å². The quantitative estimate of drug-likeness (QED) is 0.855. The van der Waals surface area contributed by atoms with E-state index in [2.05, 4.69) is 22.4 Å². The van der Waals surface area contributed by atoms with Gasteiger partial charge >= 0.3 is 0 Å². The Balaban J connectivity index is 2.12. The van der Waals surface area contributed by atoms with Gasteiger partial charge in [0.1, 0.15) is 0 Å². The van der Waals surface area contributed by atoms with Crippen LogP contribution in [0.2, 0.25) is 0 Å². The Morgan fingerprint density at radius 3 is 3.07 bits per heavy atom. The highest BCUT2D eigenvalue weighted by atomic mass is 32.2. The molecule has 2 heterocycles. The monoisotopic (exact) mass is 227 g/mol. The van der Waals surface area contributed by atoms with Crippen LogP contribution in [0.3, 0.4) is 0 Å². The second kappa shape index (κ2) is 4.53. The fourth-order valence-corrected chi connectivity index (χ4v) is 2.28. The Morgan fingerprint density at radius 2 is 2.40 bits per heavy atom. The van der Waals surface area contributed by atoms with Crippen molar-refractivity contribution in [2.75, 3.05) is 12.8 Å². The summed E-state index contributed by atoms with van der Waals surface area (Å²) in [4.78, 5) is 4.43. The fourth-order valence-electron chi connectivity index (χ4n) is 1.90. The number of hydrogen-bond acceptors (Lipinski definition) is 5. The van der Waals surface area contributed by atoms with E-state index in [-0.39, 0.29) is 5.54 Å². The zero-order valence-electron chi connectivity index (χ0n) is 9.25. The highest BCUT2D eigenvalue weighted by molar-refractivity contribution is 7.97. The van der Waals surface area contributed by atoms with Gasteiger partial charge in [-0.25, -0.2) is 0 Å². The van der Waals surface area contributed by atoms with Gasteiger partial charge in [-0.3, -0.25) is 0 Å². The van der Waals surface area contributed by atoms with Crippen molar-refractivity contribution in [2.24, 2.45) is 0 Å². The van der Waals surface area contributed by atoms with E-state index >= 15 is 0 Å². The van der Waals surface area contributed by atoms with Crippen molar-refractivity contribution in [3.05, 3.63) is 11.7 Å². The van der Waals surface area contributed by atoms with Gasteiger partial charge < -0.3 is 9.84 Å². The topological polar surface area (TPSA) is 51.0 Å². The molecule has 1 aliphatic rings. The van der Waals surface area contributed by atoms with Gasteiger partial charge in [-0.2, -0.15) is 16.7 Å². The third-order valence-corrected chi connectivity index (χ3v) is 3.38. The van der Waals surface area contributed by atoms with Crippen molar-refractivity contribution in [3.8, 4) is 0 Å². The maximum atomic E-state index is 5.32. The molecule has 1 N–H and O–H groups in total. The molecule has 1 aliphatic heterocycles. The van der Waals surface area contributed by atoms with E-state index in [9.17, 15) is 0 Å². The molecule has 2 rings (SSSR count). The highest BCUT2D eigenvalue weighted by Gasteiger charge is 2.33. The summed E-state index contributed by atoms with van der Waals surface area (Å²) in [6, 6.07) is 0. The second-order valence-electron chi connectivity index (χ2n) is 4.16. The lowest BCUT2D eigenvalue weighted by Gasteiger charge is -2.31. The second-order valence-corrected chi connectivity index (χ2v) is 5.03. The van der Waals surface area contributed by atoms with Crippen molar-refractivity contribution >= 4 is 11.8 Å². The van der Waals surface area contributed by atoms with Crippen molar-refractivity contribution < 1.29 is 4.52 Å². The van der Waals surface area contributed by atoms with Crippen LogP contribution in [-0.4, -0.2) is 22.9 Å². The molecule has 4 nitrogen and oxygen atoms in total. The van der Waals surface area contributed by atoms with Crippen molar-refractivity contribution in [1.82, 2.24) is 15.5 Å². The molecule has 1 atom stereocenters. The summed E-state index contributed by atoms with van der Waals surface area (Å²) < 4.78 is 5.32. The molecule has 1 unspecified atom stereocenters. The first-order valence-electron chi connectivity index (χ1n) is 5.32. The van der Waals surface area contributed by atoms with E-state index in [1.54, 1.807) is 11.8 Å². The summed E-state index contributed by atoms with van der Waals surface area (Å²) in [5, 5.41) is 7.44. The van der Waals surface area contributed by atoms with Crippen LogP contribution in [0.1, 0.15) is 37.9 Å². The fraction of sp³-hybridized carbons (Fsp3) is 0.800. The average molecular weight is 227 g/mol. The van der Waals surface area contributed by atoms with E-state index in [0.717, 1.165) is 30.4 Å². The molecule has 0 amide bonds. The normalized spacial score (nSPS) is 26.8. The van der Waals surface area contributed by atoms with Crippen LogP contribution in [0.5, 0.6) is 0 Å². The lowest BCUT2D eigenvalue weighted by atomic mass is 9.91. The lowest BCUT2D eigenvalue weighted by molar-refractivity contribution is 0.206. The molecule has 0 aromatic carbocycles. The summed E-state index contributed by atoms with van der Waals surface area (Å²) in [6.07, 6.45) is 5.58. The Bertz CT molecular complexity index is 320. The molecule has 0 aliphatic carbocycles. The van der Waals surface area contributed by atoms with Crippen LogP contribution in [0.15, 0.2) is 4.52 Å². The van der Waals surface area contributed by atoms with Gasteiger partial charge in [-0.15, -0.1) is 0 Å². The molecule has 0 radical (unpaired) electrons. The molecule has 1 aromatic heterocycles. The van der Waals surface area contributed by atoms with Gasteiger partial charge in [0, 0.05) is 0 Å². The first-order valence-corrected chi connectivity index (χ1v) is 6.71. The summed E-state index contributed by atoms with van der Waals surface area (Å²) in [5.74, 6) is 2.36. The summed E-state index contributed by atoms with van der Waals surface area (Å²) in [7, 11) is 0. The maximum Gasteiger partial charge on any atom is 0.246 e. The zero-order valence-corrected chi connectivity index (χ0v) is 10.1. The molecule has 15 heavy (non-hydrogen) atoms. The Labute approximate surface area is 94.2 Å². The van der Waals surface area contributed by atoms with Gasteiger partial charge in [0.05, 0.1) is 11.3 Å². The van der Waals surface area contributed by atoms with E-state index in [1.807, 2.05) is 6.26 Å². The standard InChI is InChI=1S/C10H17N3OS/c1-10(5-3-4-6-11-10)9-12-8(7-15-2)13-14-9/h11H,3-7H2,1-2H3. The summed E-state index contributed by atoms with van der Waals surface area (Å²) in [5.41, 5.74) is -0.109. The molecule has 0 bridgehead atoms. The van der Waals surface area contributed by atoms with Crippen LogP contribution < -0.4 is 5.32 Å². The molecular formula is C10H17N3OS. The van der Waals surface area contributed by atoms with Gasteiger partial charge in [-0.1, -0.05) is 5.16 Å². The number of rotatable bonds is 3. The van der Waals surface area contributed by atoms with Crippen molar-refractivity contribution in [2.45, 2.75) is 37.5 Å². The molecule has 1 fully saturated rings. The Kier molecular flexibility index (Phi) is 3.31. The number of piperidine rings is 1. The van der Waals surface area contributed by atoms with Crippen LogP contribution >= 0.6 is 11.8 Å². The smallest absolute Gasteiger partial charge is 0.246 e. The first-order chi connectivity index (χ1) is 7.24. The lowest BCUT2D eigenvalue weighted by Crippen LogP contribution is -2.43. The van der Waals surface area contributed by atoms with Crippen LogP contribution in [-0.2, 0) is 11.3 Å². The van der Waals surface area contributed by atoms with Gasteiger partial charge in [0.15, 0.2) is 5.82 Å². The van der Waals surface area contributed by atoms with Crippen molar-refractivity contribution in [1.29, 1.82) is 0 Å². The molecule has 1 saturated heterocycles. The van der Waals surface area contributed by atoms with E-state index in [4.69, 9.17) is 4.52 Å². The number of nitrogens with one attached hydrogen (secondary N) is 1. The van der Waals surface area contributed by atoms with E-state index < -0.39 is 0 Å². The van der Waals surface area contributed by atoms with Crippen LogP contribution in [0.4, 0.5) is 0 Å². The molecule has 0 saturated carbocycles. The van der Waals surface area contributed by atoms with E-state index in [0.29, 0.717) is 0 Å². The number of thioether (sulfide) groups is 1. The number of aromatic nitrogens is 2.